The molecule has 12 heavy (non-hydrogen) atoms. The fourth-order valence-corrected chi connectivity index (χ4v) is 1.41. The Balaban J connectivity index is 3.29. The van der Waals surface area contributed by atoms with Crippen molar-refractivity contribution in [2.24, 2.45) is 5.92 Å². The Kier molecular flexibility index (Phi) is 7.69. The minimum atomic E-state index is 0.382. The van der Waals surface area contributed by atoms with E-state index in [1.165, 1.54) is 25.7 Å². The summed E-state index contributed by atoms with van der Waals surface area (Å²) in [5.74, 6) is 0.618. The van der Waals surface area contributed by atoms with Crippen molar-refractivity contribution in [2.45, 2.75) is 51.3 Å². The van der Waals surface area contributed by atoms with Gasteiger partial charge in [0.15, 0.2) is 0 Å². The number of hydrogen-bond donors (Lipinski definition) is 0. The molecule has 0 bridgehead atoms. The summed E-state index contributed by atoms with van der Waals surface area (Å²) < 4.78 is 0. The summed E-state index contributed by atoms with van der Waals surface area (Å²) in [5.41, 5.74) is 0. The Hall–Kier alpha value is 0.0300. The van der Waals surface area contributed by atoms with Gasteiger partial charge in [-0.25, -0.2) is 0 Å². The molecule has 0 amide bonds. The molecular weight excluding hydrogens is 168 g/mol. The third-order valence-electron chi connectivity index (χ3n) is 2.21. The van der Waals surface area contributed by atoms with Crippen molar-refractivity contribution >= 4 is 11.6 Å². The second-order valence-corrected chi connectivity index (χ2v) is 4.15. The van der Waals surface area contributed by atoms with E-state index in [1.54, 1.807) is 0 Å². The molecule has 0 aromatic rings. The van der Waals surface area contributed by atoms with Gasteiger partial charge in [-0.05, 0) is 25.2 Å². The number of halogens is 1. The predicted molar refractivity (Wildman–Crippen MR) is 57.8 cm³/mol. The van der Waals surface area contributed by atoms with Gasteiger partial charge < -0.3 is 0 Å². The summed E-state index contributed by atoms with van der Waals surface area (Å²) in [4.78, 5) is 0. The lowest BCUT2D eigenvalue weighted by molar-refractivity contribution is 0.557. The van der Waals surface area contributed by atoms with Crippen molar-refractivity contribution < 1.29 is 0 Å². The molecule has 0 saturated heterocycles. The highest BCUT2D eigenvalue weighted by Crippen LogP contribution is 2.17. The summed E-state index contributed by atoms with van der Waals surface area (Å²) in [6.07, 6.45) is 8.00. The van der Waals surface area contributed by atoms with Gasteiger partial charge in [-0.1, -0.05) is 32.8 Å². The molecular formula is C11H21Cl. The van der Waals surface area contributed by atoms with Crippen LogP contribution in [0.3, 0.4) is 0 Å². The van der Waals surface area contributed by atoms with Gasteiger partial charge in [0.05, 0.1) is 0 Å². The van der Waals surface area contributed by atoms with Crippen molar-refractivity contribution in [3.05, 3.63) is 12.7 Å². The van der Waals surface area contributed by atoms with E-state index in [4.69, 9.17) is 11.6 Å². The van der Waals surface area contributed by atoms with Crippen LogP contribution in [0.25, 0.3) is 0 Å². The fraction of sp³-hybridized carbons (Fsp3) is 0.818. The van der Waals surface area contributed by atoms with Gasteiger partial charge in [-0.3, -0.25) is 0 Å². The van der Waals surface area contributed by atoms with Crippen LogP contribution in [0, 0.1) is 5.92 Å². The number of allylic oxidation sites excluding steroid dienone is 1. The lowest BCUT2D eigenvalue weighted by Gasteiger charge is -2.10. The molecule has 0 nitrogen and oxygen atoms in total. The average molecular weight is 189 g/mol. The normalized spacial score (nSPS) is 15.6. The number of alkyl halides is 1. The zero-order valence-corrected chi connectivity index (χ0v) is 9.11. The lowest BCUT2D eigenvalue weighted by Crippen LogP contribution is -2.01. The SMILES string of the molecule is C=CC(C)CCC(Cl)CCCC. The molecule has 0 aliphatic heterocycles. The van der Waals surface area contributed by atoms with E-state index < -0.39 is 0 Å². The number of unbranched alkanes of at least 4 members (excludes halogenated alkanes) is 1. The van der Waals surface area contributed by atoms with E-state index >= 15 is 0 Å². The van der Waals surface area contributed by atoms with E-state index in [0.29, 0.717) is 11.3 Å². The molecule has 0 N–H and O–H groups in total. The summed E-state index contributed by atoms with van der Waals surface area (Å²) in [6, 6.07) is 0. The molecule has 0 aromatic heterocycles. The quantitative estimate of drug-likeness (QED) is 0.411. The second kappa shape index (κ2) is 7.67. The van der Waals surface area contributed by atoms with Gasteiger partial charge in [0.1, 0.15) is 0 Å². The first-order valence-electron chi connectivity index (χ1n) is 4.97. The van der Waals surface area contributed by atoms with Crippen LogP contribution in [0.4, 0.5) is 0 Å². The molecule has 0 rings (SSSR count). The van der Waals surface area contributed by atoms with E-state index in [1.807, 2.05) is 6.08 Å². The molecule has 0 spiro atoms. The first kappa shape index (κ1) is 12.0. The first-order valence-corrected chi connectivity index (χ1v) is 5.41. The Morgan fingerprint density at radius 3 is 2.50 bits per heavy atom. The van der Waals surface area contributed by atoms with Crippen LogP contribution >= 0.6 is 11.6 Å². The van der Waals surface area contributed by atoms with Crippen LogP contribution in [0.1, 0.15) is 46.0 Å². The van der Waals surface area contributed by atoms with Crippen molar-refractivity contribution in [2.75, 3.05) is 0 Å². The summed E-state index contributed by atoms with van der Waals surface area (Å²) in [7, 11) is 0. The Bertz CT molecular complexity index is 110. The molecule has 72 valence electrons. The highest BCUT2D eigenvalue weighted by atomic mass is 35.5. The average Bonchev–Trinajstić information content (AvgIpc) is 2.10. The van der Waals surface area contributed by atoms with Crippen LogP contribution < -0.4 is 0 Å². The Labute approximate surface area is 82.0 Å². The summed E-state index contributed by atoms with van der Waals surface area (Å²) in [5, 5.41) is 0.382. The van der Waals surface area contributed by atoms with Gasteiger partial charge in [-0.2, -0.15) is 0 Å². The van der Waals surface area contributed by atoms with Gasteiger partial charge in [-0.15, -0.1) is 18.2 Å². The standard InChI is InChI=1S/C11H21Cl/c1-4-6-7-11(12)9-8-10(3)5-2/h5,10-11H,2,4,6-9H2,1,3H3. The minimum Gasteiger partial charge on any atom is -0.123 e. The number of rotatable bonds is 7. The maximum atomic E-state index is 6.13. The maximum Gasteiger partial charge on any atom is 0.0336 e. The van der Waals surface area contributed by atoms with E-state index in [2.05, 4.69) is 20.4 Å². The fourth-order valence-electron chi connectivity index (χ4n) is 1.13. The third-order valence-corrected chi connectivity index (χ3v) is 2.64. The van der Waals surface area contributed by atoms with E-state index in [-0.39, 0.29) is 0 Å². The highest BCUT2D eigenvalue weighted by Gasteiger charge is 2.05. The second-order valence-electron chi connectivity index (χ2n) is 3.53. The predicted octanol–water partition coefficient (Wildman–Crippen LogP) is 4.39. The van der Waals surface area contributed by atoms with Gasteiger partial charge in [0.25, 0.3) is 0 Å². The van der Waals surface area contributed by atoms with Crippen molar-refractivity contribution in [1.82, 2.24) is 0 Å². The molecule has 0 radical (unpaired) electrons. The lowest BCUT2D eigenvalue weighted by atomic mass is 10.0. The smallest absolute Gasteiger partial charge is 0.0336 e. The molecule has 0 saturated carbocycles. The van der Waals surface area contributed by atoms with Crippen LogP contribution in [0.2, 0.25) is 0 Å². The number of hydrogen-bond acceptors (Lipinski definition) is 0. The largest absolute Gasteiger partial charge is 0.123 e. The van der Waals surface area contributed by atoms with Gasteiger partial charge in [0.2, 0.25) is 0 Å². The first-order chi connectivity index (χ1) is 5.70. The van der Waals surface area contributed by atoms with Gasteiger partial charge in [0, 0.05) is 5.38 Å². The molecule has 0 aliphatic carbocycles. The van der Waals surface area contributed by atoms with E-state index in [0.717, 1.165) is 6.42 Å². The monoisotopic (exact) mass is 188 g/mol. The third kappa shape index (κ3) is 6.72. The summed E-state index contributed by atoms with van der Waals surface area (Å²) in [6.45, 7) is 8.15. The molecule has 1 heteroatoms. The Morgan fingerprint density at radius 1 is 1.33 bits per heavy atom. The van der Waals surface area contributed by atoms with Crippen molar-refractivity contribution in [3.8, 4) is 0 Å². The van der Waals surface area contributed by atoms with Gasteiger partial charge >= 0.3 is 0 Å². The van der Waals surface area contributed by atoms with E-state index in [9.17, 15) is 0 Å². The maximum absolute atomic E-state index is 6.13. The summed E-state index contributed by atoms with van der Waals surface area (Å²) >= 11 is 6.13. The molecule has 0 aromatic carbocycles. The van der Waals surface area contributed by atoms with Crippen LogP contribution in [-0.4, -0.2) is 5.38 Å². The highest BCUT2D eigenvalue weighted by molar-refractivity contribution is 6.20. The zero-order chi connectivity index (χ0) is 9.40. The van der Waals surface area contributed by atoms with Crippen LogP contribution in [0.5, 0.6) is 0 Å². The Morgan fingerprint density at radius 2 is 2.00 bits per heavy atom. The van der Waals surface area contributed by atoms with Crippen molar-refractivity contribution in [1.29, 1.82) is 0 Å². The van der Waals surface area contributed by atoms with Crippen molar-refractivity contribution in [3.63, 3.8) is 0 Å². The minimum absolute atomic E-state index is 0.382. The molecule has 2 atom stereocenters. The molecule has 2 unspecified atom stereocenters. The van der Waals surface area contributed by atoms with Crippen LogP contribution in [0.15, 0.2) is 12.7 Å². The molecule has 0 fully saturated rings. The van der Waals surface area contributed by atoms with Crippen LogP contribution in [-0.2, 0) is 0 Å². The molecule has 0 heterocycles. The molecule has 0 aliphatic rings. The topological polar surface area (TPSA) is 0 Å². The zero-order valence-electron chi connectivity index (χ0n) is 8.35.